The molecule has 0 aliphatic carbocycles. The summed E-state index contributed by atoms with van der Waals surface area (Å²) in [4.78, 5) is 14.4. The molecule has 2 N–H and O–H groups in total. The van der Waals surface area contributed by atoms with Gasteiger partial charge < -0.3 is 10.4 Å². The van der Waals surface area contributed by atoms with Crippen LogP contribution in [0.2, 0.25) is 0 Å². The van der Waals surface area contributed by atoms with Gasteiger partial charge in [-0.3, -0.25) is 4.79 Å². The highest BCUT2D eigenvalue weighted by Gasteiger charge is 2.02. The van der Waals surface area contributed by atoms with Crippen LogP contribution < -0.4 is 5.32 Å². The van der Waals surface area contributed by atoms with E-state index in [9.17, 15) is 4.79 Å². The molecule has 0 aromatic carbocycles. The van der Waals surface area contributed by atoms with Crippen LogP contribution in [-0.4, -0.2) is 23.1 Å². The van der Waals surface area contributed by atoms with Crippen LogP contribution in [0.25, 0.3) is 0 Å². The molecule has 66 valence electrons. The molecule has 5 heteroatoms. The SMILES string of the molecule is CNc1nc(CCC(=O)O)cs1. The first kappa shape index (κ1) is 8.99. The van der Waals surface area contributed by atoms with Crippen LogP contribution in [0.1, 0.15) is 12.1 Å². The number of nitrogens with zero attached hydrogens (tertiary/aromatic N) is 1. The van der Waals surface area contributed by atoms with Gasteiger partial charge in [0, 0.05) is 18.8 Å². The van der Waals surface area contributed by atoms with Gasteiger partial charge >= 0.3 is 5.97 Å². The number of aryl methyl sites for hydroxylation is 1. The van der Waals surface area contributed by atoms with Crippen LogP contribution in [-0.2, 0) is 11.2 Å². The molecule has 1 heterocycles. The Hall–Kier alpha value is -1.10. The number of rotatable bonds is 4. The average Bonchev–Trinajstić information content (AvgIpc) is 2.48. The molecule has 0 radical (unpaired) electrons. The highest BCUT2D eigenvalue weighted by molar-refractivity contribution is 7.13. The highest BCUT2D eigenvalue weighted by Crippen LogP contribution is 2.15. The Morgan fingerprint density at radius 3 is 3.08 bits per heavy atom. The van der Waals surface area contributed by atoms with Crippen molar-refractivity contribution in [3.8, 4) is 0 Å². The van der Waals surface area contributed by atoms with Crippen LogP contribution in [0.4, 0.5) is 5.13 Å². The largest absolute Gasteiger partial charge is 0.481 e. The minimum Gasteiger partial charge on any atom is -0.481 e. The van der Waals surface area contributed by atoms with Gasteiger partial charge in [-0.05, 0) is 0 Å². The normalized spacial score (nSPS) is 9.75. The molecule has 0 saturated carbocycles. The minimum absolute atomic E-state index is 0.146. The lowest BCUT2D eigenvalue weighted by Crippen LogP contribution is -1.97. The Bertz CT molecular complexity index is 272. The molecule has 1 aromatic rings. The van der Waals surface area contributed by atoms with Gasteiger partial charge in [0.25, 0.3) is 0 Å². The Balaban J connectivity index is 2.47. The minimum atomic E-state index is -0.783. The lowest BCUT2D eigenvalue weighted by molar-refractivity contribution is -0.136. The third-order valence-electron chi connectivity index (χ3n) is 1.36. The number of hydrogen-bond donors (Lipinski definition) is 2. The van der Waals surface area contributed by atoms with Gasteiger partial charge in [-0.15, -0.1) is 11.3 Å². The van der Waals surface area contributed by atoms with Crippen molar-refractivity contribution in [3.63, 3.8) is 0 Å². The van der Waals surface area contributed by atoms with Crippen molar-refractivity contribution in [1.29, 1.82) is 0 Å². The van der Waals surface area contributed by atoms with Gasteiger partial charge in [0.15, 0.2) is 5.13 Å². The Morgan fingerprint density at radius 2 is 2.58 bits per heavy atom. The zero-order chi connectivity index (χ0) is 8.97. The summed E-state index contributed by atoms with van der Waals surface area (Å²) >= 11 is 1.49. The van der Waals surface area contributed by atoms with E-state index < -0.39 is 5.97 Å². The standard InChI is InChI=1S/C7H10N2O2S/c1-8-7-9-5(4-12-7)2-3-6(10)11/h4H,2-3H2,1H3,(H,8,9)(H,10,11). The number of nitrogens with one attached hydrogen (secondary N) is 1. The van der Waals surface area contributed by atoms with Gasteiger partial charge in [0.05, 0.1) is 12.1 Å². The zero-order valence-electron chi connectivity index (χ0n) is 6.70. The van der Waals surface area contributed by atoms with Gasteiger partial charge in [0.2, 0.25) is 0 Å². The Kier molecular flexibility index (Phi) is 3.04. The first-order chi connectivity index (χ1) is 5.72. The molecular weight excluding hydrogens is 176 g/mol. The third kappa shape index (κ3) is 2.50. The summed E-state index contributed by atoms with van der Waals surface area (Å²) in [5, 5.41) is 14.0. The lowest BCUT2D eigenvalue weighted by Gasteiger charge is -1.91. The summed E-state index contributed by atoms with van der Waals surface area (Å²) in [5.74, 6) is -0.783. The molecule has 0 saturated heterocycles. The molecule has 0 unspecified atom stereocenters. The monoisotopic (exact) mass is 186 g/mol. The van der Waals surface area contributed by atoms with Crippen molar-refractivity contribution in [2.75, 3.05) is 12.4 Å². The summed E-state index contributed by atoms with van der Waals surface area (Å²) < 4.78 is 0. The summed E-state index contributed by atoms with van der Waals surface area (Å²) in [6, 6.07) is 0. The van der Waals surface area contributed by atoms with Crippen molar-refractivity contribution < 1.29 is 9.90 Å². The van der Waals surface area contributed by atoms with Gasteiger partial charge in [-0.25, -0.2) is 4.98 Å². The fraction of sp³-hybridized carbons (Fsp3) is 0.429. The quantitative estimate of drug-likeness (QED) is 0.741. The van der Waals surface area contributed by atoms with E-state index in [1.165, 1.54) is 11.3 Å². The van der Waals surface area contributed by atoms with E-state index in [4.69, 9.17) is 5.11 Å². The zero-order valence-corrected chi connectivity index (χ0v) is 7.52. The number of aromatic nitrogens is 1. The number of carbonyl (C=O) groups is 1. The third-order valence-corrected chi connectivity index (χ3v) is 2.27. The molecule has 12 heavy (non-hydrogen) atoms. The maximum Gasteiger partial charge on any atom is 0.303 e. The predicted octanol–water partition coefficient (Wildman–Crippen LogP) is 1.20. The van der Waals surface area contributed by atoms with Crippen molar-refractivity contribution in [3.05, 3.63) is 11.1 Å². The van der Waals surface area contributed by atoms with Crippen LogP contribution in [0.15, 0.2) is 5.38 Å². The van der Waals surface area contributed by atoms with Crippen LogP contribution >= 0.6 is 11.3 Å². The molecule has 1 rings (SSSR count). The van der Waals surface area contributed by atoms with E-state index in [0.29, 0.717) is 6.42 Å². The topological polar surface area (TPSA) is 62.2 Å². The van der Waals surface area contributed by atoms with E-state index >= 15 is 0 Å². The summed E-state index contributed by atoms with van der Waals surface area (Å²) in [7, 11) is 1.79. The number of carboxylic acids is 1. The van der Waals surface area contributed by atoms with Crippen molar-refractivity contribution >= 4 is 22.4 Å². The highest BCUT2D eigenvalue weighted by atomic mass is 32.1. The predicted molar refractivity (Wildman–Crippen MR) is 47.6 cm³/mol. The number of carboxylic acid groups (broad SMARTS) is 1. The van der Waals surface area contributed by atoms with Crippen molar-refractivity contribution in [2.45, 2.75) is 12.8 Å². The molecule has 4 nitrogen and oxygen atoms in total. The van der Waals surface area contributed by atoms with E-state index in [0.717, 1.165) is 10.8 Å². The summed E-state index contributed by atoms with van der Waals surface area (Å²) in [5.41, 5.74) is 0.840. The van der Waals surface area contributed by atoms with Crippen LogP contribution in [0.5, 0.6) is 0 Å². The summed E-state index contributed by atoms with van der Waals surface area (Å²) in [6.07, 6.45) is 0.653. The second-order valence-corrected chi connectivity index (χ2v) is 3.15. The molecule has 1 aromatic heterocycles. The van der Waals surface area contributed by atoms with E-state index in [-0.39, 0.29) is 6.42 Å². The number of thiazole rings is 1. The van der Waals surface area contributed by atoms with Gasteiger partial charge in [-0.1, -0.05) is 0 Å². The van der Waals surface area contributed by atoms with Crippen LogP contribution in [0, 0.1) is 0 Å². The van der Waals surface area contributed by atoms with Crippen LogP contribution in [0.3, 0.4) is 0 Å². The smallest absolute Gasteiger partial charge is 0.303 e. The lowest BCUT2D eigenvalue weighted by atomic mass is 10.3. The molecule has 0 spiro atoms. The number of aliphatic carboxylic acids is 1. The number of anilines is 1. The van der Waals surface area contributed by atoms with Gasteiger partial charge in [0.1, 0.15) is 0 Å². The molecule has 0 fully saturated rings. The first-order valence-electron chi connectivity index (χ1n) is 3.56. The fourth-order valence-electron chi connectivity index (χ4n) is 0.772. The molecule has 0 aliphatic rings. The molecular formula is C7H10N2O2S. The Morgan fingerprint density at radius 1 is 1.83 bits per heavy atom. The molecule has 0 bridgehead atoms. The Labute approximate surface area is 74.3 Å². The maximum absolute atomic E-state index is 10.2. The van der Waals surface area contributed by atoms with Crippen molar-refractivity contribution in [2.24, 2.45) is 0 Å². The maximum atomic E-state index is 10.2. The average molecular weight is 186 g/mol. The second kappa shape index (κ2) is 4.06. The second-order valence-electron chi connectivity index (χ2n) is 2.29. The number of hydrogen-bond acceptors (Lipinski definition) is 4. The molecule has 0 aliphatic heterocycles. The van der Waals surface area contributed by atoms with Gasteiger partial charge in [-0.2, -0.15) is 0 Å². The fourth-order valence-corrected chi connectivity index (χ4v) is 1.48. The van der Waals surface area contributed by atoms with Crippen molar-refractivity contribution in [1.82, 2.24) is 4.98 Å². The molecule has 0 atom stereocenters. The van der Waals surface area contributed by atoms with E-state index in [1.807, 2.05) is 5.38 Å². The summed E-state index contributed by atoms with van der Waals surface area (Å²) in [6.45, 7) is 0. The molecule has 0 amide bonds. The first-order valence-corrected chi connectivity index (χ1v) is 4.44. The van der Waals surface area contributed by atoms with E-state index in [2.05, 4.69) is 10.3 Å². The van der Waals surface area contributed by atoms with E-state index in [1.54, 1.807) is 7.05 Å².